The molecule has 0 aliphatic rings. The van der Waals surface area contributed by atoms with Gasteiger partial charge < -0.3 is 14.8 Å². The van der Waals surface area contributed by atoms with E-state index in [0.29, 0.717) is 24.3 Å². The highest BCUT2D eigenvalue weighted by atomic mass is 19.1. The van der Waals surface area contributed by atoms with Crippen LogP contribution in [0.15, 0.2) is 18.2 Å². The minimum atomic E-state index is -0.458. The van der Waals surface area contributed by atoms with E-state index in [1.165, 1.54) is 18.2 Å². The Morgan fingerprint density at radius 2 is 1.95 bits per heavy atom. The second-order valence-electron chi connectivity index (χ2n) is 4.01. The minimum Gasteiger partial charge on any atom is -0.351 e. The molecular weight excluding hydrogens is 249 g/mol. The maximum Gasteiger partial charge on any atom is 0.251 e. The van der Waals surface area contributed by atoms with Crippen molar-refractivity contribution in [2.45, 2.75) is 27.1 Å². The minimum absolute atomic E-state index is 0.261. The monoisotopic (exact) mass is 269 g/mol. The molecule has 1 aromatic carbocycles. The van der Waals surface area contributed by atoms with E-state index in [1.54, 1.807) is 6.92 Å². The Hall–Kier alpha value is -1.46. The van der Waals surface area contributed by atoms with Crippen molar-refractivity contribution >= 4 is 5.91 Å². The lowest BCUT2D eigenvalue weighted by molar-refractivity contribution is -0.131. The van der Waals surface area contributed by atoms with E-state index in [0.717, 1.165) is 0 Å². The number of halogens is 1. The number of ether oxygens (including phenoxy) is 2. The van der Waals surface area contributed by atoms with Crippen molar-refractivity contribution in [1.29, 1.82) is 0 Å². The molecule has 106 valence electrons. The zero-order chi connectivity index (χ0) is 14.3. The number of hydrogen-bond acceptors (Lipinski definition) is 3. The maximum absolute atomic E-state index is 13.1. The average molecular weight is 269 g/mol. The van der Waals surface area contributed by atoms with Crippen LogP contribution in [0.5, 0.6) is 0 Å². The molecule has 0 saturated heterocycles. The molecule has 0 aromatic heterocycles. The van der Waals surface area contributed by atoms with Crippen molar-refractivity contribution in [2.24, 2.45) is 0 Å². The van der Waals surface area contributed by atoms with Crippen molar-refractivity contribution in [3.8, 4) is 0 Å². The molecule has 0 aliphatic heterocycles. The second-order valence-corrected chi connectivity index (χ2v) is 4.01. The number of rotatable bonds is 7. The van der Waals surface area contributed by atoms with Gasteiger partial charge >= 0.3 is 0 Å². The highest BCUT2D eigenvalue weighted by Gasteiger charge is 2.12. The van der Waals surface area contributed by atoms with Crippen LogP contribution in [-0.4, -0.2) is 32.0 Å². The van der Waals surface area contributed by atoms with Gasteiger partial charge in [0, 0.05) is 18.8 Å². The molecule has 4 nitrogen and oxygen atoms in total. The molecule has 0 saturated carbocycles. The van der Waals surface area contributed by atoms with Crippen molar-refractivity contribution < 1.29 is 18.7 Å². The van der Waals surface area contributed by atoms with Crippen LogP contribution < -0.4 is 5.32 Å². The third kappa shape index (κ3) is 4.96. The lowest BCUT2D eigenvalue weighted by atomic mass is 10.1. The van der Waals surface area contributed by atoms with Gasteiger partial charge in [-0.05, 0) is 44.5 Å². The quantitative estimate of drug-likeness (QED) is 0.772. The Labute approximate surface area is 112 Å². The molecule has 0 heterocycles. The van der Waals surface area contributed by atoms with Gasteiger partial charge in [-0.25, -0.2) is 4.39 Å². The predicted octanol–water partition coefficient (Wildman–Crippen LogP) is 2.26. The summed E-state index contributed by atoms with van der Waals surface area (Å²) < 4.78 is 23.7. The first-order valence-electron chi connectivity index (χ1n) is 6.36. The summed E-state index contributed by atoms with van der Waals surface area (Å²) in [5.74, 6) is -0.592. The number of carbonyl (C=O) groups is 1. The van der Waals surface area contributed by atoms with Gasteiger partial charge in [0.25, 0.3) is 5.91 Å². The summed E-state index contributed by atoms with van der Waals surface area (Å²) in [6, 6.07) is 4.25. The fourth-order valence-corrected chi connectivity index (χ4v) is 1.60. The van der Waals surface area contributed by atoms with Crippen LogP contribution in [0.25, 0.3) is 0 Å². The third-order valence-electron chi connectivity index (χ3n) is 2.55. The summed E-state index contributed by atoms with van der Waals surface area (Å²) >= 11 is 0. The van der Waals surface area contributed by atoms with Crippen molar-refractivity contribution in [3.05, 3.63) is 35.1 Å². The van der Waals surface area contributed by atoms with Gasteiger partial charge in [-0.1, -0.05) is 0 Å². The fourth-order valence-electron chi connectivity index (χ4n) is 1.60. The zero-order valence-corrected chi connectivity index (χ0v) is 11.5. The number of hydrogen-bond donors (Lipinski definition) is 1. The molecule has 19 heavy (non-hydrogen) atoms. The van der Waals surface area contributed by atoms with Gasteiger partial charge in [0.15, 0.2) is 6.29 Å². The van der Waals surface area contributed by atoms with Crippen molar-refractivity contribution in [2.75, 3.05) is 19.8 Å². The van der Waals surface area contributed by atoms with Crippen LogP contribution in [0, 0.1) is 12.7 Å². The van der Waals surface area contributed by atoms with Gasteiger partial charge in [-0.15, -0.1) is 0 Å². The maximum atomic E-state index is 13.1. The lowest BCUT2D eigenvalue weighted by Gasteiger charge is -2.17. The number of aryl methyl sites for hydroxylation is 1. The molecule has 0 bridgehead atoms. The van der Waals surface area contributed by atoms with Crippen molar-refractivity contribution in [1.82, 2.24) is 5.32 Å². The molecule has 1 rings (SSSR count). The summed E-state index contributed by atoms with van der Waals surface area (Å²) in [6.07, 6.45) is -0.458. The summed E-state index contributed by atoms with van der Waals surface area (Å²) in [4.78, 5) is 11.9. The molecular formula is C14H20FNO3. The first-order valence-corrected chi connectivity index (χ1v) is 6.36. The molecule has 0 aliphatic carbocycles. The number of amides is 1. The van der Waals surface area contributed by atoms with Crippen LogP contribution in [0.2, 0.25) is 0 Å². The van der Waals surface area contributed by atoms with E-state index in [1.807, 2.05) is 13.8 Å². The molecule has 1 N–H and O–H groups in total. The van der Waals surface area contributed by atoms with Crippen LogP contribution in [0.1, 0.15) is 29.8 Å². The smallest absolute Gasteiger partial charge is 0.251 e. The Kier molecular flexibility index (Phi) is 6.45. The van der Waals surface area contributed by atoms with E-state index in [-0.39, 0.29) is 18.3 Å². The molecule has 1 amide bonds. The first kappa shape index (κ1) is 15.6. The van der Waals surface area contributed by atoms with Crippen LogP contribution in [0.3, 0.4) is 0 Å². The largest absolute Gasteiger partial charge is 0.351 e. The Morgan fingerprint density at radius 1 is 1.32 bits per heavy atom. The van der Waals surface area contributed by atoms with Gasteiger partial charge in [0.2, 0.25) is 0 Å². The fraction of sp³-hybridized carbons (Fsp3) is 0.500. The molecule has 0 radical (unpaired) electrons. The summed E-state index contributed by atoms with van der Waals surface area (Å²) in [5.41, 5.74) is 0.865. The lowest BCUT2D eigenvalue weighted by Crippen LogP contribution is -2.35. The SMILES string of the molecule is CCOC(CNC(=O)c1ccc(F)c(C)c1)OCC. The predicted molar refractivity (Wildman–Crippen MR) is 70.5 cm³/mol. The number of carbonyl (C=O) groups excluding carboxylic acids is 1. The summed E-state index contributed by atoms with van der Waals surface area (Å²) in [6.45, 7) is 6.62. The normalized spacial score (nSPS) is 10.8. The summed E-state index contributed by atoms with van der Waals surface area (Å²) in [7, 11) is 0. The van der Waals surface area contributed by atoms with Gasteiger partial charge in [-0.3, -0.25) is 4.79 Å². The van der Waals surface area contributed by atoms with Crippen LogP contribution >= 0.6 is 0 Å². The van der Waals surface area contributed by atoms with E-state index < -0.39 is 6.29 Å². The Bertz CT molecular complexity index is 417. The standard InChI is InChI=1S/C14H20FNO3/c1-4-18-13(19-5-2)9-16-14(17)11-6-7-12(15)10(3)8-11/h6-8,13H,4-5,9H2,1-3H3,(H,16,17). The third-order valence-corrected chi connectivity index (χ3v) is 2.55. The molecule has 0 fully saturated rings. The second kappa shape index (κ2) is 7.86. The van der Waals surface area contributed by atoms with E-state index >= 15 is 0 Å². The Balaban J connectivity index is 2.56. The summed E-state index contributed by atoms with van der Waals surface area (Å²) in [5, 5.41) is 2.70. The Morgan fingerprint density at radius 3 is 2.47 bits per heavy atom. The van der Waals surface area contributed by atoms with E-state index in [9.17, 15) is 9.18 Å². The van der Waals surface area contributed by atoms with Gasteiger partial charge in [-0.2, -0.15) is 0 Å². The van der Waals surface area contributed by atoms with E-state index in [4.69, 9.17) is 9.47 Å². The van der Waals surface area contributed by atoms with Gasteiger partial charge in [0.05, 0.1) is 6.54 Å². The van der Waals surface area contributed by atoms with Gasteiger partial charge in [0.1, 0.15) is 5.82 Å². The number of nitrogens with one attached hydrogen (secondary N) is 1. The first-order chi connectivity index (χ1) is 9.08. The van der Waals surface area contributed by atoms with Crippen LogP contribution in [0.4, 0.5) is 4.39 Å². The number of benzene rings is 1. The molecule has 5 heteroatoms. The van der Waals surface area contributed by atoms with E-state index in [2.05, 4.69) is 5.32 Å². The topological polar surface area (TPSA) is 47.6 Å². The highest BCUT2D eigenvalue weighted by Crippen LogP contribution is 2.09. The molecule has 0 atom stereocenters. The van der Waals surface area contributed by atoms with Crippen molar-refractivity contribution in [3.63, 3.8) is 0 Å². The molecule has 1 aromatic rings. The zero-order valence-electron chi connectivity index (χ0n) is 11.5. The average Bonchev–Trinajstić information content (AvgIpc) is 2.39. The van der Waals surface area contributed by atoms with Crippen LogP contribution in [-0.2, 0) is 9.47 Å². The molecule has 0 spiro atoms. The highest BCUT2D eigenvalue weighted by molar-refractivity contribution is 5.94. The molecule has 0 unspecified atom stereocenters.